The summed E-state index contributed by atoms with van der Waals surface area (Å²) in [6.07, 6.45) is 0. The van der Waals surface area contributed by atoms with E-state index in [4.69, 9.17) is 21.9 Å². The standard InChI is InChI=1S/C16H12BrClN2O/c1-9-5-6-13(17)12(7-9)15-14(16(19)20-21-15)10-3-2-4-11(18)8-10/h2-8H,1H3,(H2,19,20). The van der Waals surface area contributed by atoms with Gasteiger partial charge in [-0.25, -0.2) is 0 Å². The van der Waals surface area contributed by atoms with Crippen LogP contribution in [0.4, 0.5) is 5.82 Å². The van der Waals surface area contributed by atoms with E-state index >= 15 is 0 Å². The number of anilines is 1. The monoisotopic (exact) mass is 362 g/mol. The molecule has 0 saturated carbocycles. The molecular formula is C16H12BrClN2O. The van der Waals surface area contributed by atoms with Gasteiger partial charge in [0.15, 0.2) is 11.6 Å². The summed E-state index contributed by atoms with van der Waals surface area (Å²) in [5, 5.41) is 4.55. The highest BCUT2D eigenvalue weighted by Crippen LogP contribution is 2.40. The number of nitrogen functional groups attached to an aromatic ring is 1. The first-order valence-electron chi connectivity index (χ1n) is 6.34. The Balaban J connectivity index is 2.24. The molecule has 21 heavy (non-hydrogen) atoms. The van der Waals surface area contributed by atoms with Crippen LogP contribution in [0, 0.1) is 6.92 Å². The molecule has 0 aliphatic heterocycles. The Morgan fingerprint density at radius 3 is 2.76 bits per heavy atom. The zero-order valence-corrected chi connectivity index (χ0v) is 13.6. The smallest absolute Gasteiger partial charge is 0.178 e. The van der Waals surface area contributed by atoms with Crippen LogP contribution in [0.1, 0.15) is 5.56 Å². The van der Waals surface area contributed by atoms with Gasteiger partial charge in [0.2, 0.25) is 0 Å². The number of aryl methyl sites for hydroxylation is 1. The number of aromatic nitrogens is 1. The molecule has 0 saturated heterocycles. The summed E-state index contributed by atoms with van der Waals surface area (Å²) >= 11 is 9.61. The highest BCUT2D eigenvalue weighted by Gasteiger charge is 2.19. The molecule has 1 aromatic heterocycles. The van der Waals surface area contributed by atoms with Crippen molar-refractivity contribution in [2.45, 2.75) is 6.92 Å². The van der Waals surface area contributed by atoms with Crippen molar-refractivity contribution in [1.82, 2.24) is 5.16 Å². The molecule has 3 aromatic rings. The number of hydrogen-bond acceptors (Lipinski definition) is 3. The number of rotatable bonds is 2. The minimum Gasteiger partial charge on any atom is -0.380 e. The van der Waals surface area contributed by atoms with Gasteiger partial charge in [0.1, 0.15) is 0 Å². The normalized spacial score (nSPS) is 10.8. The Bertz CT molecular complexity index is 814. The molecular weight excluding hydrogens is 352 g/mol. The van der Waals surface area contributed by atoms with Gasteiger partial charge in [-0.2, -0.15) is 0 Å². The molecule has 0 spiro atoms. The van der Waals surface area contributed by atoms with Crippen LogP contribution < -0.4 is 5.73 Å². The molecule has 0 radical (unpaired) electrons. The topological polar surface area (TPSA) is 52.0 Å². The molecule has 5 heteroatoms. The lowest BCUT2D eigenvalue weighted by atomic mass is 10.0. The summed E-state index contributed by atoms with van der Waals surface area (Å²) in [6, 6.07) is 13.5. The fourth-order valence-electron chi connectivity index (χ4n) is 2.22. The molecule has 3 nitrogen and oxygen atoms in total. The molecule has 0 amide bonds. The van der Waals surface area contributed by atoms with E-state index in [9.17, 15) is 0 Å². The van der Waals surface area contributed by atoms with Crippen molar-refractivity contribution in [3.63, 3.8) is 0 Å². The van der Waals surface area contributed by atoms with E-state index in [1.54, 1.807) is 0 Å². The number of nitrogens with two attached hydrogens (primary N) is 1. The van der Waals surface area contributed by atoms with Crippen LogP contribution in [-0.4, -0.2) is 5.16 Å². The summed E-state index contributed by atoms with van der Waals surface area (Å²) < 4.78 is 6.39. The molecule has 0 unspecified atom stereocenters. The SMILES string of the molecule is Cc1ccc(Br)c(-c2onc(N)c2-c2cccc(Cl)c2)c1. The molecule has 1 heterocycles. The Kier molecular flexibility index (Phi) is 3.74. The Labute approximate surface area is 135 Å². The first kappa shape index (κ1) is 14.2. The van der Waals surface area contributed by atoms with Gasteiger partial charge in [0.05, 0.1) is 5.56 Å². The van der Waals surface area contributed by atoms with Crippen molar-refractivity contribution in [1.29, 1.82) is 0 Å². The molecule has 106 valence electrons. The minimum absolute atomic E-state index is 0.348. The fraction of sp³-hybridized carbons (Fsp3) is 0.0625. The molecule has 2 aromatic carbocycles. The second kappa shape index (κ2) is 5.54. The molecule has 2 N–H and O–H groups in total. The molecule has 0 bridgehead atoms. The van der Waals surface area contributed by atoms with Gasteiger partial charge in [0, 0.05) is 15.1 Å². The van der Waals surface area contributed by atoms with E-state index in [0.717, 1.165) is 26.7 Å². The predicted molar refractivity (Wildman–Crippen MR) is 89.2 cm³/mol. The van der Waals surface area contributed by atoms with E-state index in [-0.39, 0.29) is 0 Å². The number of benzene rings is 2. The van der Waals surface area contributed by atoms with Crippen molar-refractivity contribution >= 4 is 33.3 Å². The first-order valence-corrected chi connectivity index (χ1v) is 7.51. The third kappa shape index (κ3) is 2.69. The maximum atomic E-state index is 6.07. The van der Waals surface area contributed by atoms with E-state index in [1.165, 1.54) is 0 Å². The Morgan fingerprint density at radius 1 is 1.19 bits per heavy atom. The van der Waals surface area contributed by atoms with Gasteiger partial charge in [-0.05, 0) is 36.8 Å². The lowest BCUT2D eigenvalue weighted by Crippen LogP contribution is -1.89. The number of hydrogen-bond donors (Lipinski definition) is 1. The van der Waals surface area contributed by atoms with Crippen molar-refractivity contribution in [3.05, 3.63) is 57.5 Å². The average molecular weight is 364 g/mol. The van der Waals surface area contributed by atoms with Crippen LogP contribution in [0.15, 0.2) is 51.5 Å². The third-order valence-corrected chi connectivity index (χ3v) is 4.12. The van der Waals surface area contributed by atoms with Gasteiger partial charge < -0.3 is 10.3 Å². The van der Waals surface area contributed by atoms with Crippen LogP contribution in [0.25, 0.3) is 22.5 Å². The van der Waals surface area contributed by atoms with Crippen LogP contribution in [0.3, 0.4) is 0 Å². The summed E-state index contributed by atoms with van der Waals surface area (Å²) in [5.41, 5.74) is 9.65. The van der Waals surface area contributed by atoms with Crippen LogP contribution >= 0.6 is 27.5 Å². The van der Waals surface area contributed by atoms with Gasteiger partial charge in [-0.15, -0.1) is 0 Å². The Morgan fingerprint density at radius 2 is 2.00 bits per heavy atom. The van der Waals surface area contributed by atoms with E-state index < -0.39 is 0 Å². The fourth-order valence-corrected chi connectivity index (χ4v) is 2.84. The lowest BCUT2D eigenvalue weighted by molar-refractivity contribution is 0.436. The second-order valence-electron chi connectivity index (χ2n) is 4.77. The Hall–Kier alpha value is -1.78. The van der Waals surface area contributed by atoms with Crippen molar-refractivity contribution in [2.24, 2.45) is 0 Å². The maximum absolute atomic E-state index is 6.07. The first-order chi connectivity index (χ1) is 10.1. The van der Waals surface area contributed by atoms with Gasteiger partial charge in [-0.3, -0.25) is 0 Å². The highest BCUT2D eigenvalue weighted by atomic mass is 79.9. The molecule has 0 fully saturated rings. The van der Waals surface area contributed by atoms with Crippen molar-refractivity contribution in [2.75, 3.05) is 5.73 Å². The predicted octanol–water partition coefficient (Wildman–Crippen LogP) is 5.32. The maximum Gasteiger partial charge on any atom is 0.178 e. The quantitative estimate of drug-likeness (QED) is 0.671. The van der Waals surface area contributed by atoms with Crippen molar-refractivity contribution < 1.29 is 4.52 Å². The third-order valence-electron chi connectivity index (χ3n) is 3.20. The van der Waals surface area contributed by atoms with Crippen LogP contribution in [0.2, 0.25) is 5.02 Å². The molecule has 0 aliphatic rings. The summed E-state index contributed by atoms with van der Waals surface area (Å²) in [6.45, 7) is 2.02. The summed E-state index contributed by atoms with van der Waals surface area (Å²) in [5.74, 6) is 0.978. The minimum atomic E-state index is 0.348. The zero-order valence-electron chi connectivity index (χ0n) is 11.2. The number of halogens is 2. The highest BCUT2D eigenvalue weighted by molar-refractivity contribution is 9.10. The van der Waals surface area contributed by atoms with Crippen LogP contribution in [-0.2, 0) is 0 Å². The zero-order chi connectivity index (χ0) is 15.0. The number of nitrogens with zero attached hydrogens (tertiary/aromatic N) is 1. The molecule has 0 atom stereocenters. The molecule has 3 rings (SSSR count). The van der Waals surface area contributed by atoms with E-state index in [0.29, 0.717) is 16.6 Å². The largest absolute Gasteiger partial charge is 0.380 e. The second-order valence-corrected chi connectivity index (χ2v) is 6.06. The van der Waals surface area contributed by atoms with Gasteiger partial charge in [0.25, 0.3) is 0 Å². The lowest BCUT2D eigenvalue weighted by Gasteiger charge is -2.06. The molecule has 0 aliphatic carbocycles. The van der Waals surface area contributed by atoms with Crippen LogP contribution in [0.5, 0.6) is 0 Å². The van der Waals surface area contributed by atoms with E-state index in [2.05, 4.69) is 21.1 Å². The van der Waals surface area contributed by atoms with E-state index in [1.807, 2.05) is 49.4 Å². The van der Waals surface area contributed by atoms with Gasteiger partial charge in [-0.1, -0.05) is 56.5 Å². The summed E-state index contributed by atoms with van der Waals surface area (Å²) in [4.78, 5) is 0. The van der Waals surface area contributed by atoms with Gasteiger partial charge >= 0.3 is 0 Å². The average Bonchev–Trinajstić information content (AvgIpc) is 2.83. The van der Waals surface area contributed by atoms with Crippen molar-refractivity contribution in [3.8, 4) is 22.5 Å². The summed E-state index contributed by atoms with van der Waals surface area (Å²) in [7, 11) is 0.